The van der Waals surface area contributed by atoms with Gasteiger partial charge in [-0.1, -0.05) is 55.0 Å². The summed E-state index contributed by atoms with van der Waals surface area (Å²) in [5.41, 5.74) is 6.17. The highest BCUT2D eigenvalue weighted by atomic mass is 16.1. The first-order valence-corrected chi connectivity index (χ1v) is 9.60. The van der Waals surface area contributed by atoms with Crippen LogP contribution < -0.4 is 5.32 Å². The normalized spacial score (nSPS) is 15.2. The molecule has 1 fully saturated rings. The van der Waals surface area contributed by atoms with Gasteiger partial charge in [-0.25, -0.2) is 0 Å². The third kappa shape index (κ3) is 3.39. The first kappa shape index (κ1) is 16.9. The summed E-state index contributed by atoms with van der Waals surface area (Å²) in [5.74, 6) is 0.217. The zero-order chi connectivity index (χ0) is 18.1. The van der Waals surface area contributed by atoms with Crippen LogP contribution >= 0.6 is 0 Å². The number of carbonyl (C=O) groups excluding carboxylic acids is 1. The molecule has 0 radical (unpaired) electrons. The summed E-state index contributed by atoms with van der Waals surface area (Å²) in [4.78, 5) is 16.1. The number of nitrogens with one attached hydrogen (secondary N) is 2. The van der Waals surface area contributed by atoms with Crippen LogP contribution in [0.4, 0.5) is 0 Å². The summed E-state index contributed by atoms with van der Waals surface area (Å²) in [5, 5.41) is 4.38. The molecule has 0 saturated heterocycles. The topological polar surface area (TPSA) is 44.9 Å². The molecular weight excluding hydrogens is 320 g/mol. The van der Waals surface area contributed by atoms with Gasteiger partial charge >= 0.3 is 0 Å². The van der Waals surface area contributed by atoms with Gasteiger partial charge < -0.3 is 10.3 Å². The Hall–Kier alpha value is -2.55. The number of benzene rings is 2. The second kappa shape index (κ2) is 6.99. The number of rotatable bonds is 6. The molecule has 1 saturated carbocycles. The Labute approximate surface area is 154 Å². The molecule has 4 rings (SSSR count). The van der Waals surface area contributed by atoms with Crippen molar-refractivity contribution < 1.29 is 4.79 Å². The van der Waals surface area contributed by atoms with E-state index in [9.17, 15) is 4.79 Å². The number of aromatic amines is 1. The Kier molecular flexibility index (Phi) is 4.54. The smallest absolute Gasteiger partial charge is 0.221 e. The lowest BCUT2D eigenvalue weighted by molar-refractivity contribution is -0.121. The first-order valence-electron chi connectivity index (χ1n) is 9.60. The van der Waals surface area contributed by atoms with Crippen molar-refractivity contribution in [3.05, 3.63) is 70.9 Å². The lowest BCUT2D eigenvalue weighted by Crippen LogP contribution is -2.27. The molecule has 0 bridgehead atoms. The van der Waals surface area contributed by atoms with Crippen molar-refractivity contribution in [2.24, 2.45) is 0 Å². The molecule has 2 aromatic carbocycles. The summed E-state index contributed by atoms with van der Waals surface area (Å²) in [6, 6.07) is 15.4. The van der Waals surface area contributed by atoms with Gasteiger partial charge in [-0.15, -0.1) is 0 Å². The zero-order valence-electron chi connectivity index (χ0n) is 15.5. The maximum Gasteiger partial charge on any atom is 0.221 e. The van der Waals surface area contributed by atoms with Gasteiger partial charge in [0, 0.05) is 35.5 Å². The van der Waals surface area contributed by atoms with Crippen LogP contribution in [0.25, 0.3) is 10.9 Å². The Morgan fingerprint density at radius 1 is 1.23 bits per heavy atom. The summed E-state index contributed by atoms with van der Waals surface area (Å²) in [6.45, 7) is 4.28. The van der Waals surface area contributed by atoms with Crippen molar-refractivity contribution in [1.29, 1.82) is 0 Å². The fraction of sp³-hybridized carbons (Fsp3) is 0.348. The largest absolute Gasteiger partial charge is 0.361 e. The number of amides is 1. The van der Waals surface area contributed by atoms with Gasteiger partial charge in [0.05, 0.1) is 0 Å². The summed E-state index contributed by atoms with van der Waals surface area (Å²) in [6.07, 6.45) is 5.82. The van der Waals surface area contributed by atoms with E-state index in [-0.39, 0.29) is 11.8 Å². The minimum absolute atomic E-state index is 0.0644. The van der Waals surface area contributed by atoms with Crippen LogP contribution in [-0.4, -0.2) is 16.9 Å². The van der Waals surface area contributed by atoms with Gasteiger partial charge in [0.1, 0.15) is 0 Å². The molecule has 1 heterocycles. The molecular formula is C23H26N2O. The predicted octanol–water partition coefficient (Wildman–Crippen LogP) is 4.84. The number of hydrogen-bond acceptors (Lipinski definition) is 1. The quantitative estimate of drug-likeness (QED) is 0.659. The average Bonchev–Trinajstić information content (AvgIpc) is 3.35. The van der Waals surface area contributed by atoms with Gasteiger partial charge in [-0.3, -0.25) is 4.79 Å². The molecule has 1 aliphatic carbocycles. The molecule has 3 aromatic rings. The maximum absolute atomic E-state index is 12.6. The second-order valence-electron chi connectivity index (χ2n) is 7.45. The fourth-order valence-electron chi connectivity index (χ4n) is 3.82. The molecule has 0 spiro atoms. The Morgan fingerprint density at radius 3 is 2.77 bits per heavy atom. The summed E-state index contributed by atoms with van der Waals surface area (Å²) >= 11 is 0. The second-order valence-corrected chi connectivity index (χ2v) is 7.45. The number of hydrogen-bond donors (Lipinski definition) is 2. The van der Waals surface area contributed by atoms with E-state index in [1.807, 2.05) is 0 Å². The van der Waals surface area contributed by atoms with E-state index >= 15 is 0 Å². The van der Waals surface area contributed by atoms with Gasteiger partial charge in [0.15, 0.2) is 0 Å². The van der Waals surface area contributed by atoms with Crippen LogP contribution in [0.5, 0.6) is 0 Å². The third-order valence-electron chi connectivity index (χ3n) is 5.37. The lowest BCUT2D eigenvalue weighted by Gasteiger charge is -2.18. The van der Waals surface area contributed by atoms with Crippen LogP contribution in [0.3, 0.4) is 0 Å². The van der Waals surface area contributed by atoms with Crippen molar-refractivity contribution in [1.82, 2.24) is 10.3 Å². The molecule has 1 amide bonds. The highest BCUT2D eigenvalue weighted by Gasteiger charge is 2.27. The molecule has 1 aliphatic rings. The number of aryl methyl sites for hydroxylation is 2. The molecule has 0 unspecified atom stereocenters. The van der Waals surface area contributed by atoms with Crippen molar-refractivity contribution in [3.63, 3.8) is 0 Å². The van der Waals surface area contributed by atoms with Crippen molar-refractivity contribution >= 4 is 16.8 Å². The average molecular weight is 346 g/mol. The molecule has 134 valence electrons. The molecule has 1 aromatic heterocycles. The predicted molar refractivity (Wildman–Crippen MR) is 106 cm³/mol. The van der Waals surface area contributed by atoms with E-state index in [1.54, 1.807) is 0 Å². The number of fused-ring (bicyclic) bond motifs is 1. The Balaban J connectivity index is 1.75. The van der Waals surface area contributed by atoms with Gasteiger partial charge in [0.25, 0.3) is 0 Å². The summed E-state index contributed by atoms with van der Waals surface area (Å²) < 4.78 is 0. The summed E-state index contributed by atoms with van der Waals surface area (Å²) in [7, 11) is 0. The van der Waals surface area contributed by atoms with Crippen molar-refractivity contribution in [3.8, 4) is 0 Å². The van der Waals surface area contributed by atoms with Crippen LogP contribution in [0.2, 0.25) is 0 Å². The van der Waals surface area contributed by atoms with E-state index in [0.29, 0.717) is 12.5 Å². The van der Waals surface area contributed by atoms with Crippen LogP contribution in [0.15, 0.2) is 48.7 Å². The molecule has 3 nitrogen and oxygen atoms in total. The number of H-pyrrole nitrogens is 1. The van der Waals surface area contributed by atoms with Crippen LogP contribution in [0, 0.1) is 6.92 Å². The van der Waals surface area contributed by atoms with E-state index < -0.39 is 0 Å². The fourth-order valence-corrected chi connectivity index (χ4v) is 3.82. The standard InChI is InChI=1S/C23H26N2O/c1-3-16-7-5-9-19-21(14-24-23(16)19)20(13-22(26)25-18-10-11-18)17-8-4-6-15(2)12-17/h4-9,12,14,18,20,24H,3,10-11,13H2,1-2H3,(H,25,26)/t20-/m0/s1. The van der Waals surface area contributed by atoms with Crippen LogP contribution in [0.1, 0.15) is 54.4 Å². The SMILES string of the molecule is CCc1cccc2c([C@@H](CC(=O)NC3CC3)c3cccc(C)c3)c[nH]c12. The molecule has 26 heavy (non-hydrogen) atoms. The Morgan fingerprint density at radius 2 is 2.04 bits per heavy atom. The van der Waals surface area contributed by atoms with E-state index in [1.165, 1.54) is 33.2 Å². The number of para-hydroxylation sites is 1. The number of carbonyl (C=O) groups is 1. The van der Waals surface area contributed by atoms with Gasteiger partial charge in [-0.2, -0.15) is 0 Å². The highest BCUT2D eigenvalue weighted by Crippen LogP contribution is 2.35. The molecule has 0 aliphatic heterocycles. The molecule has 3 heteroatoms. The molecule has 2 N–H and O–H groups in total. The molecule has 1 atom stereocenters. The van der Waals surface area contributed by atoms with E-state index in [4.69, 9.17) is 0 Å². The Bertz CT molecular complexity index is 936. The minimum Gasteiger partial charge on any atom is -0.361 e. The van der Waals surface area contributed by atoms with Crippen molar-refractivity contribution in [2.75, 3.05) is 0 Å². The maximum atomic E-state index is 12.6. The first-order chi connectivity index (χ1) is 12.7. The monoisotopic (exact) mass is 346 g/mol. The highest BCUT2D eigenvalue weighted by molar-refractivity contribution is 5.88. The van der Waals surface area contributed by atoms with Gasteiger partial charge in [-0.05, 0) is 42.9 Å². The number of aromatic nitrogens is 1. The third-order valence-corrected chi connectivity index (χ3v) is 5.37. The zero-order valence-corrected chi connectivity index (χ0v) is 15.5. The minimum atomic E-state index is 0.0644. The van der Waals surface area contributed by atoms with Crippen LogP contribution in [-0.2, 0) is 11.2 Å². The van der Waals surface area contributed by atoms with Crippen molar-refractivity contribution in [2.45, 2.75) is 51.5 Å². The van der Waals surface area contributed by atoms with E-state index in [2.05, 4.69) is 72.8 Å². The van der Waals surface area contributed by atoms with Gasteiger partial charge in [0.2, 0.25) is 5.91 Å². The van der Waals surface area contributed by atoms with E-state index in [0.717, 1.165) is 19.3 Å². The lowest BCUT2D eigenvalue weighted by atomic mass is 9.87.